The molecule has 1 fully saturated rings. The van der Waals surface area contributed by atoms with Crippen molar-refractivity contribution in [2.24, 2.45) is 0 Å². The smallest absolute Gasteiger partial charge is 0.407 e. The van der Waals surface area contributed by atoms with Crippen LogP contribution in [0.25, 0.3) is 0 Å². The molecule has 0 bridgehead atoms. The number of aryl methyl sites for hydroxylation is 1. The highest BCUT2D eigenvalue weighted by molar-refractivity contribution is 5.73. The Hall–Kier alpha value is -2.24. The van der Waals surface area contributed by atoms with Crippen molar-refractivity contribution in [3.63, 3.8) is 0 Å². The number of carboxylic acid groups (broad SMARTS) is 2. The van der Waals surface area contributed by atoms with Crippen molar-refractivity contribution in [1.82, 2.24) is 4.90 Å². The van der Waals surface area contributed by atoms with Crippen LogP contribution in [0, 0.1) is 6.92 Å². The van der Waals surface area contributed by atoms with Gasteiger partial charge in [-0.15, -0.1) is 0 Å². The number of piperidine rings is 1. The quantitative estimate of drug-likeness (QED) is 0.794. The number of carboxylic acids is 1. The van der Waals surface area contributed by atoms with Crippen LogP contribution in [0.1, 0.15) is 36.4 Å². The first-order valence-electron chi connectivity index (χ1n) is 7.05. The van der Waals surface area contributed by atoms with E-state index in [1.807, 2.05) is 25.1 Å². The first-order chi connectivity index (χ1) is 9.99. The predicted octanol–water partition coefficient (Wildman–Crippen LogP) is 2.70. The molecule has 6 heteroatoms. The van der Waals surface area contributed by atoms with Crippen molar-refractivity contribution in [3.8, 4) is 0 Å². The molecule has 2 rings (SSSR count). The third-order valence-electron chi connectivity index (χ3n) is 3.82. The van der Waals surface area contributed by atoms with Gasteiger partial charge in [-0.05, 0) is 43.4 Å². The van der Waals surface area contributed by atoms with Gasteiger partial charge in [0.1, 0.15) is 6.54 Å². The first kappa shape index (κ1) is 15.2. The summed E-state index contributed by atoms with van der Waals surface area (Å²) >= 11 is 0. The second kappa shape index (κ2) is 6.47. The Kier molecular flexibility index (Phi) is 4.67. The minimum Gasteiger partial charge on any atom is -0.480 e. The van der Waals surface area contributed by atoms with Crippen molar-refractivity contribution in [2.75, 3.05) is 18.4 Å². The molecule has 0 aliphatic carbocycles. The van der Waals surface area contributed by atoms with Crippen LogP contribution >= 0.6 is 0 Å². The molecule has 6 nitrogen and oxygen atoms in total. The molecule has 0 radical (unpaired) electrons. The molecular formula is C15H20N2O4. The maximum Gasteiger partial charge on any atom is 0.407 e. The lowest BCUT2D eigenvalue weighted by atomic mass is 9.94. The summed E-state index contributed by atoms with van der Waals surface area (Å²) in [7, 11) is 0. The van der Waals surface area contributed by atoms with Gasteiger partial charge >= 0.3 is 12.1 Å². The van der Waals surface area contributed by atoms with Crippen molar-refractivity contribution in [1.29, 1.82) is 0 Å². The Labute approximate surface area is 123 Å². The summed E-state index contributed by atoms with van der Waals surface area (Å²) in [6.45, 7) is 2.28. The summed E-state index contributed by atoms with van der Waals surface area (Å²) in [5.74, 6) is -0.926. The molecule has 0 spiro atoms. The number of aliphatic carboxylic acids is 1. The van der Waals surface area contributed by atoms with Crippen LogP contribution in [0.5, 0.6) is 0 Å². The van der Waals surface area contributed by atoms with Gasteiger partial charge in [-0.25, -0.2) is 4.79 Å². The zero-order chi connectivity index (χ0) is 15.4. The van der Waals surface area contributed by atoms with E-state index >= 15 is 0 Å². The highest BCUT2D eigenvalue weighted by Gasteiger charge is 2.27. The van der Waals surface area contributed by atoms with Gasteiger partial charge in [0.05, 0.1) is 6.04 Å². The minimum absolute atomic E-state index is 0.151. The van der Waals surface area contributed by atoms with Crippen LogP contribution in [-0.2, 0) is 4.79 Å². The maximum absolute atomic E-state index is 11.3. The number of carbonyl (C=O) groups is 2. The fourth-order valence-electron chi connectivity index (χ4n) is 2.72. The van der Waals surface area contributed by atoms with E-state index in [-0.39, 0.29) is 12.6 Å². The number of likely N-dealkylation sites (tertiary alicyclic amines) is 1. The Balaban J connectivity index is 2.24. The van der Waals surface area contributed by atoms with Crippen LogP contribution in [0.2, 0.25) is 0 Å². The van der Waals surface area contributed by atoms with Gasteiger partial charge in [-0.2, -0.15) is 0 Å². The third kappa shape index (κ3) is 3.65. The molecule has 1 aliphatic heterocycles. The molecule has 1 aromatic rings. The molecule has 0 saturated carbocycles. The Morgan fingerprint density at radius 3 is 2.76 bits per heavy atom. The summed E-state index contributed by atoms with van der Waals surface area (Å²) in [4.78, 5) is 23.5. The van der Waals surface area contributed by atoms with E-state index in [0.717, 1.165) is 36.1 Å². The topological polar surface area (TPSA) is 89.9 Å². The lowest BCUT2D eigenvalue weighted by molar-refractivity contribution is -0.134. The van der Waals surface area contributed by atoms with Gasteiger partial charge in [0, 0.05) is 12.2 Å². The number of hydrogen-bond acceptors (Lipinski definition) is 3. The molecule has 1 amide bonds. The average Bonchev–Trinajstić information content (AvgIpc) is 2.46. The van der Waals surface area contributed by atoms with E-state index in [9.17, 15) is 14.7 Å². The number of rotatable bonds is 4. The van der Waals surface area contributed by atoms with Crippen molar-refractivity contribution < 1.29 is 19.8 Å². The highest BCUT2D eigenvalue weighted by atomic mass is 16.4. The number of benzene rings is 1. The van der Waals surface area contributed by atoms with E-state index in [1.54, 1.807) is 0 Å². The van der Waals surface area contributed by atoms with E-state index in [4.69, 9.17) is 5.11 Å². The molecule has 114 valence electrons. The van der Waals surface area contributed by atoms with Gasteiger partial charge in [0.25, 0.3) is 0 Å². The molecule has 1 heterocycles. The van der Waals surface area contributed by atoms with Gasteiger partial charge in [0.15, 0.2) is 0 Å². The summed E-state index contributed by atoms with van der Waals surface area (Å²) in [6.07, 6.45) is 1.78. The molecule has 1 unspecified atom stereocenters. The van der Waals surface area contributed by atoms with Crippen LogP contribution in [-0.4, -0.2) is 40.3 Å². The number of amides is 1. The van der Waals surface area contributed by atoms with Gasteiger partial charge < -0.3 is 20.4 Å². The highest BCUT2D eigenvalue weighted by Crippen LogP contribution is 2.32. The summed E-state index contributed by atoms with van der Waals surface area (Å²) in [5, 5.41) is 20.9. The monoisotopic (exact) mass is 292 g/mol. The number of hydrogen-bond donors (Lipinski definition) is 3. The Morgan fingerprint density at radius 1 is 1.33 bits per heavy atom. The Morgan fingerprint density at radius 2 is 2.10 bits per heavy atom. The average molecular weight is 292 g/mol. The number of nitrogens with one attached hydrogen (secondary N) is 1. The molecule has 21 heavy (non-hydrogen) atoms. The van der Waals surface area contributed by atoms with Crippen molar-refractivity contribution in [3.05, 3.63) is 29.3 Å². The van der Waals surface area contributed by atoms with Gasteiger partial charge in [-0.3, -0.25) is 4.79 Å². The third-order valence-corrected chi connectivity index (χ3v) is 3.82. The minimum atomic E-state index is -0.926. The molecule has 1 atom stereocenters. The molecule has 1 aliphatic rings. The van der Waals surface area contributed by atoms with E-state index in [2.05, 4.69) is 5.32 Å². The fourth-order valence-corrected chi connectivity index (χ4v) is 2.72. The standard InChI is InChI=1S/C15H20N2O4/c1-10-5-6-11(8-12(10)16-9-14(18)19)13-4-2-3-7-17(13)15(20)21/h5-6,8,13,16H,2-4,7,9H2,1H3,(H,18,19)(H,20,21). The van der Waals surface area contributed by atoms with Crippen molar-refractivity contribution >= 4 is 17.7 Å². The molecular weight excluding hydrogens is 272 g/mol. The summed E-state index contributed by atoms with van der Waals surface area (Å²) < 4.78 is 0. The number of anilines is 1. The summed E-state index contributed by atoms with van der Waals surface area (Å²) in [5.41, 5.74) is 2.60. The zero-order valence-corrected chi connectivity index (χ0v) is 12.0. The van der Waals surface area contributed by atoms with Crippen LogP contribution in [0.4, 0.5) is 10.5 Å². The molecule has 0 aromatic heterocycles. The predicted molar refractivity (Wildman–Crippen MR) is 78.6 cm³/mol. The lowest BCUT2D eigenvalue weighted by Gasteiger charge is -2.34. The fraction of sp³-hybridized carbons (Fsp3) is 0.467. The van der Waals surface area contributed by atoms with Crippen LogP contribution in [0.3, 0.4) is 0 Å². The molecule has 1 saturated heterocycles. The van der Waals surface area contributed by atoms with E-state index in [0.29, 0.717) is 6.54 Å². The number of nitrogens with zero attached hydrogens (tertiary/aromatic N) is 1. The lowest BCUT2D eigenvalue weighted by Crippen LogP contribution is -2.37. The second-order valence-electron chi connectivity index (χ2n) is 5.31. The normalized spacial score (nSPS) is 18.3. The zero-order valence-electron chi connectivity index (χ0n) is 12.0. The molecule has 3 N–H and O–H groups in total. The van der Waals surface area contributed by atoms with Crippen molar-refractivity contribution in [2.45, 2.75) is 32.2 Å². The van der Waals surface area contributed by atoms with Gasteiger partial charge in [-0.1, -0.05) is 12.1 Å². The van der Waals surface area contributed by atoms with Gasteiger partial charge in [0.2, 0.25) is 0 Å². The summed E-state index contributed by atoms with van der Waals surface area (Å²) in [6, 6.07) is 5.54. The van der Waals surface area contributed by atoms with E-state index in [1.165, 1.54) is 4.90 Å². The molecule has 1 aromatic carbocycles. The SMILES string of the molecule is Cc1ccc(C2CCCCN2C(=O)O)cc1NCC(=O)O. The Bertz CT molecular complexity index is 544. The van der Waals surface area contributed by atoms with E-state index < -0.39 is 12.1 Å². The largest absolute Gasteiger partial charge is 0.480 e. The second-order valence-corrected chi connectivity index (χ2v) is 5.31. The maximum atomic E-state index is 11.3. The van der Waals surface area contributed by atoms with Crippen LogP contribution in [0.15, 0.2) is 18.2 Å². The first-order valence-corrected chi connectivity index (χ1v) is 7.05. The van der Waals surface area contributed by atoms with Crippen LogP contribution < -0.4 is 5.32 Å².